The van der Waals surface area contributed by atoms with Crippen molar-refractivity contribution in [1.29, 1.82) is 0 Å². The molecule has 2 amide bonds. The van der Waals surface area contributed by atoms with Crippen LogP contribution in [-0.2, 0) is 11.3 Å². The minimum atomic E-state index is -0.181. The highest BCUT2D eigenvalue weighted by atomic mass is 16.4. The summed E-state index contributed by atoms with van der Waals surface area (Å²) in [5.74, 6) is 0.804. The Bertz CT molecular complexity index is 517. The number of hydrogen-bond donors (Lipinski definition) is 1. The van der Waals surface area contributed by atoms with E-state index in [4.69, 9.17) is 4.42 Å². The molecule has 1 atom stereocenters. The molecule has 0 aromatic carbocycles. The average molecular weight is 276 g/mol. The molecule has 0 radical (unpaired) electrons. The lowest BCUT2D eigenvalue weighted by atomic mass is 9.94. The summed E-state index contributed by atoms with van der Waals surface area (Å²) in [6, 6.07) is 3.35. The molecule has 1 aromatic rings. The molecule has 0 fully saturated rings. The van der Waals surface area contributed by atoms with Crippen LogP contribution < -0.4 is 5.32 Å². The third kappa shape index (κ3) is 3.50. The zero-order valence-electron chi connectivity index (χ0n) is 11.9. The van der Waals surface area contributed by atoms with Crippen molar-refractivity contribution < 1.29 is 14.0 Å². The summed E-state index contributed by atoms with van der Waals surface area (Å²) in [6.07, 6.45) is 6.81. The van der Waals surface area contributed by atoms with Gasteiger partial charge in [0.25, 0.3) is 5.91 Å². The zero-order chi connectivity index (χ0) is 14.5. The summed E-state index contributed by atoms with van der Waals surface area (Å²) < 4.78 is 5.42. The van der Waals surface area contributed by atoms with Crippen LogP contribution in [0.5, 0.6) is 0 Å². The molecule has 5 nitrogen and oxygen atoms in total. The van der Waals surface area contributed by atoms with Gasteiger partial charge in [-0.3, -0.25) is 9.59 Å². The number of nitrogens with one attached hydrogen (secondary N) is 1. The molecule has 0 aliphatic heterocycles. The predicted molar refractivity (Wildman–Crippen MR) is 75.1 cm³/mol. The van der Waals surface area contributed by atoms with Crippen molar-refractivity contribution in [3.05, 3.63) is 35.8 Å². The summed E-state index contributed by atoms with van der Waals surface area (Å²) >= 11 is 0. The number of carbonyl (C=O) groups excluding carboxylic acids is 2. The monoisotopic (exact) mass is 276 g/mol. The molecule has 0 spiro atoms. The highest BCUT2D eigenvalue weighted by Crippen LogP contribution is 2.18. The van der Waals surface area contributed by atoms with Gasteiger partial charge in [-0.2, -0.15) is 0 Å². The lowest BCUT2D eigenvalue weighted by molar-refractivity contribution is -0.125. The van der Waals surface area contributed by atoms with Gasteiger partial charge in [-0.05, 0) is 31.4 Å². The normalized spacial score (nSPS) is 17.8. The van der Waals surface area contributed by atoms with Gasteiger partial charge in [0.1, 0.15) is 5.76 Å². The van der Waals surface area contributed by atoms with Gasteiger partial charge in [-0.25, -0.2) is 0 Å². The number of carbonyl (C=O) groups is 2. The van der Waals surface area contributed by atoms with Crippen molar-refractivity contribution in [2.24, 2.45) is 5.92 Å². The van der Waals surface area contributed by atoms with Gasteiger partial charge in [-0.1, -0.05) is 12.2 Å². The maximum atomic E-state index is 12.0. The Kier molecular flexibility index (Phi) is 4.61. The third-order valence-electron chi connectivity index (χ3n) is 3.36. The van der Waals surface area contributed by atoms with Crippen LogP contribution in [-0.4, -0.2) is 30.8 Å². The van der Waals surface area contributed by atoms with Crippen LogP contribution in [0.4, 0.5) is 0 Å². The molecule has 108 valence electrons. The largest absolute Gasteiger partial charge is 0.454 e. The van der Waals surface area contributed by atoms with E-state index < -0.39 is 0 Å². The SMILES string of the molecule is CN(C)C(=O)c1ccc(CNC(=O)C2CC=CCC2)o1. The molecule has 1 heterocycles. The first-order valence-corrected chi connectivity index (χ1v) is 6.81. The summed E-state index contributed by atoms with van der Waals surface area (Å²) in [4.78, 5) is 25.1. The lowest BCUT2D eigenvalue weighted by Crippen LogP contribution is -2.30. The molecule has 0 bridgehead atoms. The highest BCUT2D eigenvalue weighted by Gasteiger charge is 2.19. The van der Waals surface area contributed by atoms with Gasteiger partial charge in [0.15, 0.2) is 5.76 Å². The second-order valence-electron chi connectivity index (χ2n) is 5.16. The molecule has 20 heavy (non-hydrogen) atoms. The van der Waals surface area contributed by atoms with Crippen molar-refractivity contribution in [1.82, 2.24) is 10.2 Å². The lowest BCUT2D eigenvalue weighted by Gasteiger charge is -2.16. The van der Waals surface area contributed by atoms with Crippen molar-refractivity contribution in [2.75, 3.05) is 14.1 Å². The summed E-state index contributed by atoms with van der Waals surface area (Å²) in [5, 5.41) is 2.86. The molecule has 0 saturated carbocycles. The summed E-state index contributed by atoms with van der Waals surface area (Å²) in [7, 11) is 3.34. The number of nitrogens with zero attached hydrogens (tertiary/aromatic N) is 1. The first-order chi connectivity index (χ1) is 9.58. The Morgan fingerprint density at radius 3 is 2.80 bits per heavy atom. The maximum absolute atomic E-state index is 12.0. The minimum absolute atomic E-state index is 0.0474. The van der Waals surface area contributed by atoms with Crippen LogP contribution in [0.25, 0.3) is 0 Å². The van der Waals surface area contributed by atoms with Crippen LogP contribution in [0, 0.1) is 5.92 Å². The van der Waals surface area contributed by atoms with Gasteiger partial charge >= 0.3 is 0 Å². The fourth-order valence-electron chi connectivity index (χ4n) is 2.16. The molecule has 1 unspecified atom stereocenters. The van der Waals surface area contributed by atoms with Crippen molar-refractivity contribution in [3.8, 4) is 0 Å². The van der Waals surface area contributed by atoms with Gasteiger partial charge < -0.3 is 14.6 Å². The molecule has 1 aliphatic carbocycles. The van der Waals surface area contributed by atoms with Crippen molar-refractivity contribution >= 4 is 11.8 Å². The summed E-state index contributed by atoms with van der Waals surface area (Å²) in [5.41, 5.74) is 0. The first-order valence-electron chi connectivity index (χ1n) is 6.81. The van der Waals surface area contributed by atoms with Gasteiger partial charge in [-0.15, -0.1) is 0 Å². The number of furan rings is 1. The molecule has 0 saturated heterocycles. The van der Waals surface area contributed by atoms with Gasteiger partial charge in [0.2, 0.25) is 5.91 Å². The van der Waals surface area contributed by atoms with Crippen LogP contribution in [0.3, 0.4) is 0 Å². The second-order valence-corrected chi connectivity index (χ2v) is 5.16. The summed E-state index contributed by atoms with van der Waals surface area (Å²) in [6.45, 7) is 0.319. The Hall–Kier alpha value is -2.04. The number of allylic oxidation sites excluding steroid dienone is 2. The third-order valence-corrected chi connectivity index (χ3v) is 3.36. The first kappa shape index (κ1) is 14.4. The standard InChI is InChI=1S/C15H20N2O3/c1-17(2)15(19)13-9-8-12(20-13)10-16-14(18)11-6-4-3-5-7-11/h3-4,8-9,11H,5-7,10H2,1-2H3,(H,16,18). The van der Waals surface area contributed by atoms with Crippen molar-refractivity contribution in [2.45, 2.75) is 25.8 Å². The Balaban J connectivity index is 1.86. The van der Waals surface area contributed by atoms with Gasteiger partial charge in [0.05, 0.1) is 6.54 Å². The average Bonchev–Trinajstić information content (AvgIpc) is 2.93. The maximum Gasteiger partial charge on any atom is 0.289 e. The molecule has 1 aliphatic rings. The minimum Gasteiger partial charge on any atom is -0.454 e. The molecule has 1 aromatic heterocycles. The predicted octanol–water partition coefficient (Wildman–Crippen LogP) is 1.95. The number of amides is 2. The number of hydrogen-bond acceptors (Lipinski definition) is 3. The van der Waals surface area contributed by atoms with E-state index in [-0.39, 0.29) is 17.7 Å². The van der Waals surface area contributed by atoms with Crippen LogP contribution in [0.1, 0.15) is 35.6 Å². The van der Waals surface area contributed by atoms with E-state index in [1.54, 1.807) is 26.2 Å². The second kappa shape index (κ2) is 6.41. The van der Waals surface area contributed by atoms with Gasteiger partial charge in [0, 0.05) is 20.0 Å². The topological polar surface area (TPSA) is 62.6 Å². The zero-order valence-corrected chi connectivity index (χ0v) is 11.9. The van der Waals surface area contributed by atoms with Crippen LogP contribution in [0.2, 0.25) is 0 Å². The van der Waals surface area contributed by atoms with Crippen molar-refractivity contribution in [3.63, 3.8) is 0 Å². The Labute approximate surface area is 118 Å². The fraction of sp³-hybridized carbons (Fsp3) is 0.467. The smallest absolute Gasteiger partial charge is 0.289 e. The number of rotatable bonds is 4. The molecule has 1 N–H and O–H groups in total. The van der Waals surface area contributed by atoms with E-state index in [9.17, 15) is 9.59 Å². The van der Waals surface area contributed by atoms with Crippen LogP contribution in [0.15, 0.2) is 28.7 Å². The molecular formula is C15H20N2O3. The molecule has 5 heteroatoms. The molecule has 2 rings (SSSR count). The van der Waals surface area contributed by atoms with E-state index in [1.807, 2.05) is 0 Å². The highest BCUT2D eigenvalue weighted by molar-refractivity contribution is 5.91. The van der Waals surface area contributed by atoms with E-state index >= 15 is 0 Å². The molecular weight excluding hydrogens is 256 g/mol. The van der Waals surface area contributed by atoms with E-state index in [0.717, 1.165) is 19.3 Å². The van der Waals surface area contributed by atoms with Crippen LogP contribution >= 0.6 is 0 Å². The van der Waals surface area contributed by atoms with E-state index in [2.05, 4.69) is 17.5 Å². The van der Waals surface area contributed by atoms with E-state index in [0.29, 0.717) is 18.1 Å². The quantitative estimate of drug-likeness (QED) is 0.855. The Morgan fingerprint density at radius 1 is 1.35 bits per heavy atom. The fourth-order valence-corrected chi connectivity index (χ4v) is 2.16. The Morgan fingerprint density at radius 2 is 2.15 bits per heavy atom. The van der Waals surface area contributed by atoms with E-state index in [1.165, 1.54) is 4.90 Å².